The number of phenolic OH excluding ortho intramolecular Hbond substituents is 1. The van der Waals surface area contributed by atoms with Crippen molar-refractivity contribution in [2.45, 2.75) is 17.7 Å². The molecular weight excluding hydrogens is 326 g/mol. The first-order valence-electron chi connectivity index (χ1n) is 6.43. The smallest absolute Gasteiger partial charge is 0.303 e. The third-order valence-electron chi connectivity index (χ3n) is 3.05. The molecule has 2 aromatic carbocycles. The number of carboxylic acid groups (broad SMARTS) is 1. The number of benzene rings is 2. The summed E-state index contributed by atoms with van der Waals surface area (Å²) in [6, 6.07) is 6.41. The second-order valence-corrected chi connectivity index (χ2v) is 6.22. The number of nitrogens with one attached hydrogen (secondary N) is 1. The maximum atomic E-state index is 11.6. The Morgan fingerprint density at radius 1 is 1.09 bits per heavy atom. The van der Waals surface area contributed by atoms with E-state index in [0.717, 1.165) is 6.07 Å². The molecule has 4 N–H and O–H groups in total. The van der Waals surface area contributed by atoms with Crippen molar-refractivity contribution in [3.63, 3.8) is 0 Å². The normalized spacial score (nSPS) is 11.3. The van der Waals surface area contributed by atoms with Gasteiger partial charge >= 0.3 is 5.97 Å². The van der Waals surface area contributed by atoms with Crippen LogP contribution in [-0.2, 0) is 19.7 Å². The van der Waals surface area contributed by atoms with Gasteiger partial charge in [0.2, 0.25) is 5.91 Å². The summed E-state index contributed by atoms with van der Waals surface area (Å²) in [5.74, 6) is -1.97. The van der Waals surface area contributed by atoms with Gasteiger partial charge in [-0.2, -0.15) is 8.42 Å². The van der Waals surface area contributed by atoms with Crippen LogP contribution in [0.15, 0.2) is 35.2 Å². The van der Waals surface area contributed by atoms with E-state index in [1.165, 1.54) is 24.3 Å². The molecule has 9 heteroatoms. The zero-order valence-corrected chi connectivity index (χ0v) is 12.5. The van der Waals surface area contributed by atoms with Gasteiger partial charge in [-0.1, -0.05) is 6.07 Å². The number of phenols is 1. The van der Waals surface area contributed by atoms with Crippen LogP contribution < -0.4 is 5.32 Å². The number of amides is 1. The van der Waals surface area contributed by atoms with Gasteiger partial charge in [-0.3, -0.25) is 14.1 Å². The molecule has 1 amide bonds. The minimum Gasteiger partial charge on any atom is -0.507 e. The number of fused-ring (bicyclic) bond motifs is 1. The third-order valence-corrected chi connectivity index (χ3v) is 3.88. The van der Waals surface area contributed by atoms with Gasteiger partial charge < -0.3 is 15.5 Å². The molecule has 0 unspecified atom stereocenters. The first-order chi connectivity index (χ1) is 10.7. The van der Waals surface area contributed by atoms with E-state index < -0.39 is 26.9 Å². The first kappa shape index (κ1) is 16.7. The Morgan fingerprint density at radius 3 is 2.39 bits per heavy atom. The number of carboxylic acids is 1. The molecule has 122 valence electrons. The molecule has 0 radical (unpaired) electrons. The van der Waals surface area contributed by atoms with E-state index in [-0.39, 0.29) is 24.0 Å². The van der Waals surface area contributed by atoms with Gasteiger partial charge in [-0.15, -0.1) is 0 Å². The van der Waals surface area contributed by atoms with Crippen molar-refractivity contribution in [2.24, 2.45) is 0 Å². The Morgan fingerprint density at radius 2 is 1.78 bits per heavy atom. The fourth-order valence-corrected chi connectivity index (χ4v) is 2.52. The van der Waals surface area contributed by atoms with E-state index in [4.69, 9.17) is 9.66 Å². The Labute approximate surface area is 131 Å². The van der Waals surface area contributed by atoms with Crippen LogP contribution in [0.3, 0.4) is 0 Å². The van der Waals surface area contributed by atoms with Gasteiger partial charge in [0.05, 0.1) is 11.3 Å². The second-order valence-electron chi connectivity index (χ2n) is 4.80. The van der Waals surface area contributed by atoms with Crippen molar-refractivity contribution in [1.82, 2.24) is 0 Å². The number of hydrogen-bond donors (Lipinski definition) is 4. The minimum absolute atomic E-state index is 0.193. The van der Waals surface area contributed by atoms with Crippen LogP contribution in [-0.4, -0.2) is 35.1 Å². The molecule has 0 spiro atoms. The monoisotopic (exact) mass is 339 g/mol. The number of rotatable bonds is 5. The van der Waals surface area contributed by atoms with Gasteiger partial charge in [0.25, 0.3) is 10.1 Å². The Balaban J connectivity index is 2.31. The summed E-state index contributed by atoms with van der Waals surface area (Å²) in [5.41, 5.74) is 0.322. The SMILES string of the molecule is O=C(O)CCC(=O)Nc1ccc2cc(S(=O)(=O)O)cc(O)c2c1. The predicted octanol–water partition coefficient (Wildman–Crippen LogP) is 1.60. The summed E-state index contributed by atoms with van der Waals surface area (Å²) in [6.07, 6.45) is -0.497. The van der Waals surface area contributed by atoms with Crippen molar-refractivity contribution in [1.29, 1.82) is 0 Å². The molecule has 0 bridgehead atoms. The molecule has 0 fully saturated rings. The van der Waals surface area contributed by atoms with Crippen LogP contribution >= 0.6 is 0 Å². The molecule has 0 aliphatic rings. The second kappa shape index (κ2) is 6.23. The zero-order valence-electron chi connectivity index (χ0n) is 11.7. The van der Waals surface area contributed by atoms with E-state index >= 15 is 0 Å². The van der Waals surface area contributed by atoms with Crippen LogP contribution in [0.4, 0.5) is 5.69 Å². The summed E-state index contributed by atoms with van der Waals surface area (Å²) in [6.45, 7) is 0. The quantitative estimate of drug-likeness (QED) is 0.606. The molecule has 0 saturated carbocycles. The van der Waals surface area contributed by atoms with Crippen molar-refractivity contribution in [3.05, 3.63) is 30.3 Å². The number of hydrogen-bond acceptors (Lipinski definition) is 5. The highest BCUT2D eigenvalue weighted by molar-refractivity contribution is 7.85. The highest BCUT2D eigenvalue weighted by atomic mass is 32.2. The molecule has 0 heterocycles. The van der Waals surface area contributed by atoms with E-state index in [1.54, 1.807) is 0 Å². The lowest BCUT2D eigenvalue weighted by molar-refractivity contribution is -0.138. The highest BCUT2D eigenvalue weighted by Gasteiger charge is 2.14. The lowest BCUT2D eigenvalue weighted by atomic mass is 10.1. The molecule has 2 rings (SSSR count). The van der Waals surface area contributed by atoms with Gasteiger partial charge in [0, 0.05) is 23.6 Å². The number of carbonyl (C=O) groups is 2. The van der Waals surface area contributed by atoms with E-state index in [1.807, 2.05) is 0 Å². The van der Waals surface area contributed by atoms with E-state index in [9.17, 15) is 23.1 Å². The average Bonchev–Trinajstić information content (AvgIpc) is 2.44. The van der Waals surface area contributed by atoms with Gasteiger partial charge in [-0.05, 0) is 23.6 Å². The Kier molecular flexibility index (Phi) is 4.52. The van der Waals surface area contributed by atoms with Gasteiger partial charge in [-0.25, -0.2) is 0 Å². The molecule has 0 aromatic heterocycles. The summed E-state index contributed by atoms with van der Waals surface area (Å²) >= 11 is 0. The topological polar surface area (TPSA) is 141 Å². The number of anilines is 1. The molecule has 0 atom stereocenters. The van der Waals surface area contributed by atoms with E-state index in [2.05, 4.69) is 5.32 Å². The fourth-order valence-electron chi connectivity index (χ4n) is 1.98. The minimum atomic E-state index is -4.45. The largest absolute Gasteiger partial charge is 0.507 e. The molecule has 23 heavy (non-hydrogen) atoms. The summed E-state index contributed by atoms with van der Waals surface area (Å²) in [4.78, 5) is 21.5. The standard InChI is InChI=1S/C14H13NO7S/c16-12-7-10(23(20,21)22)5-8-1-2-9(6-11(8)12)15-13(17)3-4-14(18)19/h1-2,5-7,16H,3-4H2,(H,15,17)(H,18,19)(H,20,21,22). The van der Waals surface area contributed by atoms with Crippen LogP contribution in [0.25, 0.3) is 10.8 Å². The Hall–Kier alpha value is -2.65. The summed E-state index contributed by atoms with van der Waals surface area (Å²) in [7, 11) is -4.45. The number of aromatic hydroxyl groups is 1. The maximum absolute atomic E-state index is 11.6. The Bertz CT molecular complexity index is 889. The number of carbonyl (C=O) groups excluding carboxylic acids is 1. The number of aliphatic carboxylic acids is 1. The zero-order chi connectivity index (χ0) is 17.2. The molecular formula is C14H13NO7S. The van der Waals surface area contributed by atoms with Crippen molar-refractivity contribution in [2.75, 3.05) is 5.32 Å². The molecule has 8 nitrogen and oxygen atoms in total. The predicted molar refractivity (Wildman–Crippen MR) is 80.9 cm³/mol. The van der Waals surface area contributed by atoms with Gasteiger partial charge in [0.1, 0.15) is 5.75 Å². The summed E-state index contributed by atoms with van der Waals surface area (Å²) in [5, 5.41) is 21.5. The van der Waals surface area contributed by atoms with Crippen molar-refractivity contribution in [3.8, 4) is 5.75 Å². The maximum Gasteiger partial charge on any atom is 0.303 e. The third kappa shape index (κ3) is 4.18. The molecule has 0 aliphatic carbocycles. The van der Waals surface area contributed by atoms with Crippen LogP contribution in [0.1, 0.15) is 12.8 Å². The summed E-state index contributed by atoms with van der Waals surface area (Å²) < 4.78 is 31.2. The fraction of sp³-hybridized carbons (Fsp3) is 0.143. The van der Waals surface area contributed by atoms with E-state index in [0.29, 0.717) is 11.1 Å². The van der Waals surface area contributed by atoms with Crippen molar-refractivity contribution < 1.29 is 32.8 Å². The average molecular weight is 339 g/mol. The van der Waals surface area contributed by atoms with Gasteiger partial charge in [0.15, 0.2) is 0 Å². The van der Waals surface area contributed by atoms with Crippen LogP contribution in [0.2, 0.25) is 0 Å². The van der Waals surface area contributed by atoms with Crippen LogP contribution in [0, 0.1) is 0 Å². The van der Waals surface area contributed by atoms with Crippen molar-refractivity contribution >= 4 is 38.5 Å². The molecule has 2 aromatic rings. The lowest BCUT2D eigenvalue weighted by Gasteiger charge is -2.08. The highest BCUT2D eigenvalue weighted by Crippen LogP contribution is 2.30. The van der Waals surface area contributed by atoms with Crippen LogP contribution in [0.5, 0.6) is 5.75 Å². The lowest BCUT2D eigenvalue weighted by Crippen LogP contribution is -2.13. The molecule has 0 saturated heterocycles. The molecule has 0 aliphatic heterocycles. The first-order valence-corrected chi connectivity index (χ1v) is 7.87.